The van der Waals surface area contributed by atoms with Gasteiger partial charge in [0, 0.05) is 30.3 Å². The molecule has 2 aromatic carbocycles. The van der Waals surface area contributed by atoms with E-state index in [1.165, 1.54) is 54.9 Å². The molecule has 2 aromatic rings. The van der Waals surface area contributed by atoms with E-state index >= 15 is 0 Å². The highest BCUT2D eigenvalue weighted by atomic mass is 32.2. The van der Waals surface area contributed by atoms with Gasteiger partial charge in [0.1, 0.15) is 11.5 Å². The summed E-state index contributed by atoms with van der Waals surface area (Å²) in [6.45, 7) is 4.16. The van der Waals surface area contributed by atoms with E-state index in [1.54, 1.807) is 6.07 Å². The zero-order valence-electron chi connectivity index (χ0n) is 18.8. The lowest BCUT2D eigenvalue weighted by Crippen LogP contribution is -2.48. The van der Waals surface area contributed by atoms with Gasteiger partial charge in [0.2, 0.25) is 10.0 Å². The van der Waals surface area contributed by atoms with Gasteiger partial charge in [-0.05, 0) is 50.2 Å². The molecule has 11 heteroatoms. The number of carbonyl (C=O) groups is 2. The molecule has 2 amide bonds. The van der Waals surface area contributed by atoms with Crippen molar-refractivity contribution in [3.8, 4) is 11.5 Å². The Hall–Kier alpha value is -3.15. The molecule has 1 aliphatic rings. The van der Waals surface area contributed by atoms with E-state index < -0.39 is 21.8 Å². The molecule has 0 radical (unpaired) electrons. The van der Waals surface area contributed by atoms with Crippen LogP contribution in [0.15, 0.2) is 47.4 Å². The first-order valence-corrected chi connectivity index (χ1v) is 11.7. The van der Waals surface area contributed by atoms with Crippen LogP contribution in [0.25, 0.3) is 0 Å². The van der Waals surface area contributed by atoms with Crippen molar-refractivity contribution in [3.63, 3.8) is 0 Å². The summed E-state index contributed by atoms with van der Waals surface area (Å²) in [5.41, 5.74) is 5.03. The third kappa shape index (κ3) is 5.81. The molecule has 0 unspecified atom stereocenters. The molecule has 178 valence electrons. The fraction of sp³-hybridized carbons (Fsp3) is 0.364. The molecule has 2 N–H and O–H groups in total. The Kier molecular flexibility index (Phi) is 7.57. The summed E-state index contributed by atoms with van der Waals surface area (Å²) in [5, 5.41) is 0. The first-order chi connectivity index (χ1) is 15.6. The lowest BCUT2D eigenvalue weighted by atomic mass is 10.2. The molecule has 1 heterocycles. The minimum Gasteiger partial charge on any atom is -0.497 e. The number of rotatable bonds is 6. The molecule has 33 heavy (non-hydrogen) atoms. The fourth-order valence-corrected chi connectivity index (χ4v) is 5.04. The first kappa shape index (κ1) is 24.5. The molecule has 0 aliphatic carbocycles. The Morgan fingerprint density at radius 3 is 1.85 bits per heavy atom. The van der Waals surface area contributed by atoms with E-state index in [-0.39, 0.29) is 41.3 Å². The van der Waals surface area contributed by atoms with Crippen molar-refractivity contribution in [3.05, 3.63) is 53.6 Å². The Morgan fingerprint density at radius 1 is 0.879 bits per heavy atom. The van der Waals surface area contributed by atoms with Gasteiger partial charge in [-0.15, -0.1) is 0 Å². The SMILES string of the molecule is COc1cc(OC)cc(C(=O)NNC(=O)c2ccc(S(=O)(=O)N3C[C@@H](C)O[C@@H](C)C3)cc2)c1. The second-order valence-corrected chi connectivity index (χ2v) is 9.55. The number of methoxy groups -OCH3 is 2. The van der Waals surface area contributed by atoms with Crippen LogP contribution in [0.4, 0.5) is 0 Å². The van der Waals surface area contributed by atoms with Crippen LogP contribution < -0.4 is 20.3 Å². The standard InChI is InChI=1S/C22H27N3O7S/c1-14-12-25(13-15(2)32-14)33(28,29)20-7-5-16(6-8-20)21(26)23-24-22(27)17-9-18(30-3)11-19(10-17)31-4/h5-11,14-15H,12-13H2,1-4H3,(H,23,26)(H,24,27)/t14-,15+. The summed E-state index contributed by atoms with van der Waals surface area (Å²) >= 11 is 0. The number of hydrogen-bond donors (Lipinski definition) is 2. The number of hydrogen-bond acceptors (Lipinski definition) is 7. The Bertz CT molecular complexity index is 1090. The normalized spacial score (nSPS) is 18.9. The molecule has 0 saturated carbocycles. The molecule has 1 saturated heterocycles. The van der Waals surface area contributed by atoms with Crippen molar-refractivity contribution in [2.24, 2.45) is 0 Å². The summed E-state index contributed by atoms with van der Waals surface area (Å²) in [7, 11) is -0.796. The quantitative estimate of drug-likeness (QED) is 0.606. The maximum absolute atomic E-state index is 12.9. The molecular weight excluding hydrogens is 450 g/mol. The van der Waals surface area contributed by atoms with Crippen LogP contribution in [-0.4, -0.2) is 64.1 Å². The van der Waals surface area contributed by atoms with Crippen molar-refractivity contribution in [2.75, 3.05) is 27.3 Å². The Morgan fingerprint density at radius 2 is 1.36 bits per heavy atom. The number of ether oxygens (including phenoxy) is 3. The number of amides is 2. The number of benzene rings is 2. The van der Waals surface area contributed by atoms with Crippen molar-refractivity contribution >= 4 is 21.8 Å². The minimum atomic E-state index is -3.72. The number of morpholine rings is 1. The van der Waals surface area contributed by atoms with Crippen LogP contribution in [0.2, 0.25) is 0 Å². The third-order valence-electron chi connectivity index (χ3n) is 5.04. The van der Waals surface area contributed by atoms with Crippen LogP contribution in [0.1, 0.15) is 34.6 Å². The third-order valence-corrected chi connectivity index (χ3v) is 6.89. The van der Waals surface area contributed by atoms with E-state index in [0.29, 0.717) is 11.5 Å². The smallest absolute Gasteiger partial charge is 0.269 e. The molecule has 1 fully saturated rings. The highest BCUT2D eigenvalue weighted by molar-refractivity contribution is 7.89. The van der Waals surface area contributed by atoms with Gasteiger partial charge in [-0.3, -0.25) is 20.4 Å². The number of sulfonamides is 1. The summed E-state index contributed by atoms with van der Waals surface area (Å²) in [4.78, 5) is 24.9. The van der Waals surface area contributed by atoms with Crippen molar-refractivity contribution in [1.29, 1.82) is 0 Å². The van der Waals surface area contributed by atoms with E-state index in [2.05, 4.69) is 10.9 Å². The summed E-state index contributed by atoms with van der Waals surface area (Å²) in [6.07, 6.45) is -0.413. The van der Waals surface area contributed by atoms with Gasteiger partial charge in [-0.1, -0.05) is 0 Å². The molecule has 0 aromatic heterocycles. The average Bonchev–Trinajstić information content (AvgIpc) is 2.81. The molecule has 10 nitrogen and oxygen atoms in total. The van der Waals surface area contributed by atoms with Crippen LogP contribution in [0, 0.1) is 0 Å². The van der Waals surface area contributed by atoms with Crippen LogP contribution in [0.3, 0.4) is 0 Å². The Labute approximate surface area is 192 Å². The number of hydrazine groups is 1. The molecule has 2 atom stereocenters. The van der Waals surface area contributed by atoms with E-state index in [0.717, 1.165) is 0 Å². The Balaban J connectivity index is 1.65. The maximum atomic E-state index is 12.9. The van der Waals surface area contributed by atoms with Gasteiger partial charge in [-0.2, -0.15) is 4.31 Å². The highest BCUT2D eigenvalue weighted by Gasteiger charge is 2.32. The number of nitrogens with one attached hydrogen (secondary N) is 2. The topological polar surface area (TPSA) is 123 Å². The van der Waals surface area contributed by atoms with Crippen LogP contribution in [0.5, 0.6) is 11.5 Å². The zero-order chi connectivity index (χ0) is 24.2. The molecular formula is C22H27N3O7S. The monoisotopic (exact) mass is 477 g/mol. The van der Waals surface area contributed by atoms with Crippen molar-refractivity contribution in [2.45, 2.75) is 31.0 Å². The largest absolute Gasteiger partial charge is 0.497 e. The van der Waals surface area contributed by atoms with Gasteiger partial charge in [0.05, 0.1) is 31.3 Å². The number of nitrogens with zero attached hydrogens (tertiary/aromatic N) is 1. The van der Waals surface area contributed by atoms with Gasteiger partial charge in [0.15, 0.2) is 0 Å². The molecule has 0 spiro atoms. The molecule has 0 bridgehead atoms. The van der Waals surface area contributed by atoms with Gasteiger partial charge in [-0.25, -0.2) is 8.42 Å². The summed E-state index contributed by atoms with van der Waals surface area (Å²) in [6, 6.07) is 10.1. The van der Waals surface area contributed by atoms with E-state index in [1.807, 2.05) is 13.8 Å². The lowest BCUT2D eigenvalue weighted by molar-refractivity contribution is -0.0440. The van der Waals surface area contributed by atoms with Crippen molar-refractivity contribution in [1.82, 2.24) is 15.2 Å². The minimum absolute atomic E-state index is 0.0767. The first-order valence-electron chi connectivity index (χ1n) is 10.2. The van der Waals surface area contributed by atoms with Gasteiger partial charge >= 0.3 is 0 Å². The second kappa shape index (κ2) is 10.2. The van der Waals surface area contributed by atoms with E-state index in [9.17, 15) is 18.0 Å². The van der Waals surface area contributed by atoms with Crippen LogP contribution >= 0.6 is 0 Å². The highest BCUT2D eigenvalue weighted by Crippen LogP contribution is 2.23. The maximum Gasteiger partial charge on any atom is 0.269 e. The second-order valence-electron chi connectivity index (χ2n) is 7.61. The van der Waals surface area contributed by atoms with Gasteiger partial charge < -0.3 is 14.2 Å². The summed E-state index contributed by atoms with van der Waals surface area (Å²) in [5.74, 6) is -0.329. The van der Waals surface area contributed by atoms with Crippen LogP contribution in [-0.2, 0) is 14.8 Å². The van der Waals surface area contributed by atoms with Crippen molar-refractivity contribution < 1.29 is 32.2 Å². The predicted molar refractivity (Wildman–Crippen MR) is 120 cm³/mol. The average molecular weight is 478 g/mol. The summed E-state index contributed by atoms with van der Waals surface area (Å²) < 4.78 is 43.1. The molecule has 3 rings (SSSR count). The fourth-order valence-electron chi connectivity index (χ4n) is 3.45. The lowest BCUT2D eigenvalue weighted by Gasteiger charge is -2.34. The predicted octanol–water partition coefficient (Wildman–Crippen LogP) is 1.58. The van der Waals surface area contributed by atoms with Gasteiger partial charge in [0.25, 0.3) is 11.8 Å². The number of carbonyl (C=O) groups excluding carboxylic acids is 2. The zero-order valence-corrected chi connectivity index (χ0v) is 19.6. The molecule has 1 aliphatic heterocycles. The van der Waals surface area contributed by atoms with E-state index in [4.69, 9.17) is 14.2 Å².